The molecule has 0 aromatic rings. The Bertz CT molecular complexity index is 221. The van der Waals surface area contributed by atoms with E-state index in [1.165, 1.54) is 0 Å². The molecule has 4 heteroatoms. The molecular weight excluding hydrogens is 180 g/mol. The maximum absolute atomic E-state index is 11.6. The molecule has 2 atom stereocenters. The second-order valence-corrected chi connectivity index (χ2v) is 4.89. The fourth-order valence-electron chi connectivity index (χ4n) is 1.50. The van der Waals surface area contributed by atoms with E-state index in [1.807, 2.05) is 27.7 Å². The highest BCUT2D eigenvalue weighted by molar-refractivity contribution is 5.69. The molecule has 1 heterocycles. The average molecular weight is 200 g/mol. The minimum absolute atomic E-state index is 0.0243. The zero-order chi connectivity index (χ0) is 10.9. The van der Waals surface area contributed by atoms with Crippen LogP contribution in [0.5, 0.6) is 0 Å². The van der Waals surface area contributed by atoms with E-state index in [1.54, 1.807) is 4.90 Å². The molecule has 82 valence electrons. The Morgan fingerprint density at radius 2 is 2.14 bits per heavy atom. The molecule has 2 unspecified atom stereocenters. The van der Waals surface area contributed by atoms with Crippen LogP contribution in [0.15, 0.2) is 0 Å². The van der Waals surface area contributed by atoms with E-state index in [-0.39, 0.29) is 18.2 Å². The van der Waals surface area contributed by atoms with Crippen LogP contribution >= 0.6 is 0 Å². The Balaban J connectivity index is 2.46. The summed E-state index contributed by atoms with van der Waals surface area (Å²) >= 11 is 0. The average Bonchev–Trinajstić information content (AvgIpc) is 1.75. The molecule has 1 saturated heterocycles. The van der Waals surface area contributed by atoms with Crippen LogP contribution in [-0.2, 0) is 4.74 Å². The predicted octanol–water partition coefficient (Wildman–Crippen LogP) is 1.34. The Morgan fingerprint density at radius 3 is 2.43 bits per heavy atom. The number of carbonyl (C=O) groups is 1. The van der Waals surface area contributed by atoms with E-state index < -0.39 is 5.60 Å². The van der Waals surface area contributed by atoms with Gasteiger partial charge < -0.3 is 15.4 Å². The Kier molecular flexibility index (Phi) is 3.04. The van der Waals surface area contributed by atoms with Crippen LogP contribution in [0.2, 0.25) is 0 Å². The van der Waals surface area contributed by atoms with Crippen molar-refractivity contribution in [3.8, 4) is 0 Å². The van der Waals surface area contributed by atoms with Crippen molar-refractivity contribution in [3.05, 3.63) is 0 Å². The van der Waals surface area contributed by atoms with Crippen molar-refractivity contribution in [3.63, 3.8) is 0 Å². The van der Waals surface area contributed by atoms with E-state index in [4.69, 9.17) is 10.5 Å². The molecule has 1 aliphatic rings. The number of nitrogens with zero attached hydrogens (tertiary/aromatic N) is 1. The first-order valence-electron chi connectivity index (χ1n) is 5.06. The third-order valence-corrected chi connectivity index (χ3v) is 2.30. The van der Waals surface area contributed by atoms with Gasteiger partial charge in [0.25, 0.3) is 0 Å². The third kappa shape index (κ3) is 2.61. The lowest BCUT2D eigenvalue weighted by Gasteiger charge is -2.43. The minimum atomic E-state index is -0.422. The van der Waals surface area contributed by atoms with Gasteiger partial charge in [-0.3, -0.25) is 0 Å². The molecule has 0 saturated carbocycles. The van der Waals surface area contributed by atoms with Gasteiger partial charge in [-0.05, 0) is 34.1 Å². The summed E-state index contributed by atoms with van der Waals surface area (Å²) in [5.74, 6) is 0. The molecule has 14 heavy (non-hydrogen) atoms. The molecule has 4 nitrogen and oxygen atoms in total. The highest BCUT2D eigenvalue weighted by Gasteiger charge is 2.36. The SMILES string of the molecule is CC(N)C1CCN1C(=O)OC(C)(C)C. The molecule has 1 fully saturated rings. The highest BCUT2D eigenvalue weighted by Crippen LogP contribution is 2.22. The number of hydrogen-bond donors (Lipinski definition) is 1. The Labute approximate surface area is 85.4 Å². The summed E-state index contributed by atoms with van der Waals surface area (Å²) in [6.45, 7) is 8.28. The van der Waals surface area contributed by atoms with E-state index in [0.29, 0.717) is 0 Å². The summed E-state index contributed by atoms with van der Waals surface area (Å²) in [4.78, 5) is 13.3. The quantitative estimate of drug-likeness (QED) is 0.695. The first-order chi connectivity index (χ1) is 6.31. The monoisotopic (exact) mass is 200 g/mol. The standard InChI is InChI=1S/C10H20N2O2/c1-7(11)8-5-6-12(8)9(13)14-10(2,3)4/h7-8H,5-6,11H2,1-4H3. The summed E-state index contributed by atoms with van der Waals surface area (Å²) in [7, 11) is 0. The molecule has 1 rings (SSSR count). The Hall–Kier alpha value is -0.770. The van der Waals surface area contributed by atoms with Crippen molar-refractivity contribution >= 4 is 6.09 Å². The molecule has 0 spiro atoms. The first-order valence-corrected chi connectivity index (χ1v) is 5.06. The normalized spacial score (nSPS) is 24.1. The Morgan fingerprint density at radius 1 is 1.57 bits per heavy atom. The van der Waals surface area contributed by atoms with Gasteiger partial charge in [0.05, 0.1) is 6.04 Å². The molecule has 1 aliphatic heterocycles. The summed E-state index contributed by atoms with van der Waals surface area (Å²) in [5, 5.41) is 0. The number of nitrogens with two attached hydrogens (primary N) is 1. The number of amides is 1. The van der Waals surface area contributed by atoms with Gasteiger partial charge in [0.1, 0.15) is 5.60 Å². The highest BCUT2D eigenvalue weighted by atomic mass is 16.6. The second kappa shape index (κ2) is 3.77. The van der Waals surface area contributed by atoms with Crippen LogP contribution in [0.4, 0.5) is 4.79 Å². The lowest BCUT2D eigenvalue weighted by molar-refractivity contribution is -0.00895. The van der Waals surface area contributed by atoms with Crippen molar-refractivity contribution in [2.45, 2.75) is 51.8 Å². The number of carbonyl (C=O) groups excluding carboxylic acids is 1. The van der Waals surface area contributed by atoms with Gasteiger partial charge in [0.15, 0.2) is 0 Å². The zero-order valence-electron chi connectivity index (χ0n) is 9.41. The smallest absolute Gasteiger partial charge is 0.410 e. The van der Waals surface area contributed by atoms with Crippen LogP contribution < -0.4 is 5.73 Å². The van der Waals surface area contributed by atoms with Crippen LogP contribution in [0.3, 0.4) is 0 Å². The fraction of sp³-hybridized carbons (Fsp3) is 0.900. The van der Waals surface area contributed by atoms with Gasteiger partial charge in [-0.2, -0.15) is 0 Å². The number of hydrogen-bond acceptors (Lipinski definition) is 3. The molecule has 0 aromatic heterocycles. The molecule has 0 aromatic carbocycles. The largest absolute Gasteiger partial charge is 0.444 e. The van der Waals surface area contributed by atoms with Gasteiger partial charge in [-0.25, -0.2) is 4.79 Å². The van der Waals surface area contributed by atoms with Gasteiger partial charge >= 0.3 is 6.09 Å². The summed E-state index contributed by atoms with van der Waals surface area (Å²) < 4.78 is 5.25. The lowest BCUT2D eigenvalue weighted by atomic mass is 9.98. The van der Waals surface area contributed by atoms with Gasteiger partial charge in [0.2, 0.25) is 0 Å². The zero-order valence-corrected chi connectivity index (χ0v) is 9.41. The van der Waals surface area contributed by atoms with Crippen LogP contribution in [0.1, 0.15) is 34.1 Å². The van der Waals surface area contributed by atoms with Gasteiger partial charge in [-0.15, -0.1) is 0 Å². The fourth-order valence-corrected chi connectivity index (χ4v) is 1.50. The topological polar surface area (TPSA) is 55.6 Å². The molecular formula is C10H20N2O2. The molecule has 1 amide bonds. The number of likely N-dealkylation sites (tertiary alicyclic amines) is 1. The lowest BCUT2D eigenvalue weighted by Crippen LogP contribution is -2.59. The molecule has 0 aliphatic carbocycles. The van der Waals surface area contributed by atoms with Gasteiger partial charge in [0, 0.05) is 12.6 Å². The minimum Gasteiger partial charge on any atom is -0.444 e. The molecule has 0 radical (unpaired) electrons. The summed E-state index contributed by atoms with van der Waals surface area (Å²) in [5.41, 5.74) is 5.32. The maximum Gasteiger partial charge on any atom is 0.410 e. The predicted molar refractivity (Wildman–Crippen MR) is 55.0 cm³/mol. The first kappa shape index (κ1) is 11.3. The van der Waals surface area contributed by atoms with Gasteiger partial charge in [-0.1, -0.05) is 0 Å². The van der Waals surface area contributed by atoms with Crippen molar-refractivity contribution in [2.75, 3.05) is 6.54 Å². The van der Waals surface area contributed by atoms with Crippen molar-refractivity contribution in [2.24, 2.45) is 5.73 Å². The summed E-state index contributed by atoms with van der Waals surface area (Å²) in [6.07, 6.45) is 0.739. The molecule has 2 N–H and O–H groups in total. The third-order valence-electron chi connectivity index (χ3n) is 2.30. The van der Waals surface area contributed by atoms with Crippen LogP contribution in [0.25, 0.3) is 0 Å². The van der Waals surface area contributed by atoms with Crippen molar-refractivity contribution < 1.29 is 9.53 Å². The van der Waals surface area contributed by atoms with E-state index in [2.05, 4.69) is 0 Å². The van der Waals surface area contributed by atoms with Crippen LogP contribution in [0, 0.1) is 0 Å². The maximum atomic E-state index is 11.6. The van der Waals surface area contributed by atoms with E-state index in [0.717, 1.165) is 13.0 Å². The van der Waals surface area contributed by atoms with Crippen LogP contribution in [-0.4, -0.2) is 35.2 Å². The second-order valence-electron chi connectivity index (χ2n) is 4.89. The van der Waals surface area contributed by atoms with E-state index in [9.17, 15) is 4.79 Å². The number of ether oxygens (including phenoxy) is 1. The summed E-state index contributed by atoms with van der Waals surface area (Å²) in [6, 6.07) is 0.182. The van der Waals surface area contributed by atoms with Crippen molar-refractivity contribution in [1.29, 1.82) is 0 Å². The van der Waals surface area contributed by atoms with E-state index >= 15 is 0 Å². The van der Waals surface area contributed by atoms with Crippen molar-refractivity contribution in [1.82, 2.24) is 4.90 Å². The number of rotatable bonds is 1. The molecule has 0 bridgehead atoms.